The number of methoxy groups -OCH3 is 1. The third-order valence-electron chi connectivity index (χ3n) is 3.37. The molecule has 26 heavy (non-hydrogen) atoms. The normalized spacial score (nSPS) is 14.5. The second-order valence-electron chi connectivity index (χ2n) is 5.86. The standard InChI is InChI=1S/C16H17N3O2.H2O4S/c1-9(2)7-18-11-8-19-15-13-10(4-5-17-14(11)13)6-12(21-3)16(15)20;1-5(2,3)4/h4-6,8-9,20H,7H2,1-3H3;(H2,1,2,3,4). The van der Waals surface area contributed by atoms with E-state index in [2.05, 4.69) is 28.8 Å². The van der Waals surface area contributed by atoms with Gasteiger partial charge in [0.2, 0.25) is 0 Å². The predicted molar refractivity (Wildman–Crippen MR) is 98.5 cm³/mol. The van der Waals surface area contributed by atoms with Crippen molar-refractivity contribution < 1.29 is 27.4 Å². The lowest BCUT2D eigenvalue weighted by Gasteiger charge is -2.16. The molecule has 2 aromatic rings. The van der Waals surface area contributed by atoms with Gasteiger partial charge in [-0.1, -0.05) is 13.8 Å². The summed E-state index contributed by atoms with van der Waals surface area (Å²) in [6, 6.07) is 3.67. The van der Waals surface area contributed by atoms with Crippen LogP contribution in [0.5, 0.6) is 11.5 Å². The molecule has 1 aliphatic heterocycles. The number of nitrogens with zero attached hydrogens (tertiary/aromatic N) is 3. The number of aromatic nitrogens is 1. The highest BCUT2D eigenvalue weighted by Crippen LogP contribution is 2.44. The molecule has 9 nitrogen and oxygen atoms in total. The smallest absolute Gasteiger partial charge is 0.394 e. The van der Waals surface area contributed by atoms with Crippen molar-refractivity contribution in [3.8, 4) is 11.5 Å². The fourth-order valence-electron chi connectivity index (χ4n) is 2.35. The number of hydrogen-bond acceptors (Lipinski definition) is 7. The summed E-state index contributed by atoms with van der Waals surface area (Å²) in [6.45, 7) is 4.95. The Hall–Kier alpha value is -2.56. The van der Waals surface area contributed by atoms with Crippen molar-refractivity contribution in [2.45, 2.75) is 13.8 Å². The number of aliphatic imine (C=N–C) groups is 2. The molecular weight excluding hydrogens is 362 g/mol. The Morgan fingerprint density at radius 2 is 1.96 bits per heavy atom. The summed E-state index contributed by atoms with van der Waals surface area (Å²) in [5.41, 5.74) is 2.01. The highest BCUT2D eigenvalue weighted by atomic mass is 32.3. The number of hydrogen-bond donors (Lipinski definition) is 3. The maximum Gasteiger partial charge on any atom is 0.394 e. The van der Waals surface area contributed by atoms with E-state index in [1.807, 2.05) is 6.07 Å². The summed E-state index contributed by atoms with van der Waals surface area (Å²) in [7, 11) is -3.14. The average molecular weight is 381 g/mol. The van der Waals surface area contributed by atoms with Crippen LogP contribution in [0, 0.1) is 5.92 Å². The van der Waals surface area contributed by atoms with Crippen molar-refractivity contribution in [1.29, 1.82) is 0 Å². The van der Waals surface area contributed by atoms with E-state index in [1.54, 1.807) is 18.5 Å². The number of aromatic hydroxyl groups is 1. The molecule has 1 aromatic heterocycles. The molecule has 1 aromatic carbocycles. The Morgan fingerprint density at radius 3 is 2.54 bits per heavy atom. The molecule has 0 saturated carbocycles. The molecule has 0 amide bonds. The van der Waals surface area contributed by atoms with Gasteiger partial charge in [-0.2, -0.15) is 8.42 Å². The van der Waals surface area contributed by atoms with Gasteiger partial charge in [0.25, 0.3) is 0 Å². The van der Waals surface area contributed by atoms with Gasteiger partial charge in [-0.05, 0) is 23.4 Å². The molecule has 0 bridgehead atoms. The van der Waals surface area contributed by atoms with Crippen LogP contribution in [0.2, 0.25) is 0 Å². The SMILES string of the molecule is COc1cc2ccnc3c2c(c1O)N=CC3=NCC(C)C.O=S(=O)(O)O. The zero-order valence-corrected chi connectivity index (χ0v) is 15.2. The van der Waals surface area contributed by atoms with Crippen LogP contribution in [0.4, 0.5) is 5.69 Å². The van der Waals surface area contributed by atoms with Crippen molar-refractivity contribution in [2.75, 3.05) is 13.7 Å². The lowest BCUT2D eigenvalue weighted by molar-refractivity contribution is 0.375. The highest BCUT2D eigenvalue weighted by molar-refractivity contribution is 7.79. The summed E-state index contributed by atoms with van der Waals surface area (Å²) in [5, 5.41) is 12.0. The molecule has 2 heterocycles. The maximum absolute atomic E-state index is 10.2. The third-order valence-corrected chi connectivity index (χ3v) is 3.37. The van der Waals surface area contributed by atoms with E-state index in [1.165, 1.54) is 7.11 Å². The lowest BCUT2D eigenvalue weighted by Crippen LogP contribution is -2.11. The second-order valence-corrected chi connectivity index (χ2v) is 6.76. The van der Waals surface area contributed by atoms with Gasteiger partial charge < -0.3 is 9.84 Å². The molecule has 3 N–H and O–H groups in total. The Balaban J connectivity index is 0.000000431. The fourth-order valence-corrected chi connectivity index (χ4v) is 2.35. The number of ether oxygens (including phenoxy) is 1. The summed E-state index contributed by atoms with van der Waals surface area (Å²) >= 11 is 0. The summed E-state index contributed by atoms with van der Waals surface area (Å²) in [6.07, 6.45) is 3.40. The molecule has 1 aliphatic rings. The van der Waals surface area contributed by atoms with Crippen LogP contribution in [0.15, 0.2) is 28.3 Å². The summed E-state index contributed by atoms with van der Waals surface area (Å²) < 4.78 is 36.8. The summed E-state index contributed by atoms with van der Waals surface area (Å²) in [4.78, 5) is 13.3. The van der Waals surface area contributed by atoms with Crippen molar-refractivity contribution in [1.82, 2.24) is 4.98 Å². The van der Waals surface area contributed by atoms with Crippen molar-refractivity contribution >= 4 is 38.8 Å². The Morgan fingerprint density at radius 1 is 1.31 bits per heavy atom. The molecule has 0 fully saturated rings. The minimum atomic E-state index is -4.67. The van der Waals surface area contributed by atoms with Gasteiger partial charge in [-0.25, -0.2) is 4.99 Å². The average Bonchev–Trinajstić information content (AvgIpc) is 2.55. The van der Waals surface area contributed by atoms with E-state index < -0.39 is 10.4 Å². The number of benzene rings is 1. The van der Waals surface area contributed by atoms with Crippen LogP contribution < -0.4 is 4.74 Å². The van der Waals surface area contributed by atoms with Gasteiger partial charge >= 0.3 is 10.4 Å². The molecule has 0 spiro atoms. The fraction of sp³-hybridized carbons (Fsp3) is 0.312. The quantitative estimate of drug-likeness (QED) is 0.693. The zero-order valence-electron chi connectivity index (χ0n) is 14.4. The van der Waals surface area contributed by atoms with Crippen LogP contribution in [-0.2, 0) is 10.4 Å². The monoisotopic (exact) mass is 381 g/mol. The Kier molecular flexibility index (Phi) is 5.90. The van der Waals surface area contributed by atoms with Gasteiger partial charge in [-0.3, -0.25) is 19.1 Å². The molecule has 0 atom stereocenters. The number of phenols is 1. The molecule has 3 rings (SSSR count). The van der Waals surface area contributed by atoms with Gasteiger partial charge in [-0.15, -0.1) is 0 Å². The zero-order chi connectivity index (χ0) is 19.5. The first kappa shape index (κ1) is 19.8. The van der Waals surface area contributed by atoms with Crippen molar-refractivity contribution in [3.05, 3.63) is 24.0 Å². The van der Waals surface area contributed by atoms with Gasteiger partial charge in [0.1, 0.15) is 11.4 Å². The lowest BCUT2D eigenvalue weighted by atomic mass is 10.0. The van der Waals surface area contributed by atoms with Crippen LogP contribution >= 0.6 is 0 Å². The first-order chi connectivity index (χ1) is 12.1. The highest BCUT2D eigenvalue weighted by Gasteiger charge is 2.21. The van der Waals surface area contributed by atoms with E-state index in [9.17, 15) is 5.11 Å². The van der Waals surface area contributed by atoms with Crippen LogP contribution in [-0.4, -0.2) is 53.2 Å². The van der Waals surface area contributed by atoms with Gasteiger partial charge in [0, 0.05) is 18.1 Å². The van der Waals surface area contributed by atoms with E-state index in [4.69, 9.17) is 22.3 Å². The first-order valence-corrected chi connectivity index (χ1v) is 8.99. The van der Waals surface area contributed by atoms with Gasteiger partial charge in [0.05, 0.1) is 19.0 Å². The number of rotatable bonds is 3. The van der Waals surface area contributed by atoms with E-state index in [-0.39, 0.29) is 5.75 Å². The predicted octanol–water partition coefficient (Wildman–Crippen LogP) is 2.46. The minimum Gasteiger partial charge on any atom is -0.503 e. The topological polar surface area (TPSA) is 142 Å². The molecule has 0 aliphatic carbocycles. The molecular formula is C16H19N3O6S. The van der Waals surface area contributed by atoms with Crippen LogP contribution in [0.25, 0.3) is 10.8 Å². The second kappa shape index (κ2) is 7.77. The van der Waals surface area contributed by atoms with Crippen molar-refractivity contribution in [2.24, 2.45) is 15.9 Å². The molecule has 0 radical (unpaired) electrons. The van der Waals surface area contributed by atoms with Crippen LogP contribution in [0.1, 0.15) is 19.5 Å². The Labute approximate surface area is 150 Å². The van der Waals surface area contributed by atoms with E-state index >= 15 is 0 Å². The first-order valence-electron chi connectivity index (χ1n) is 7.59. The number of phenolic OH excluding ortho intramolecular Hbond substituents is 1. The summed E-state index contributed by atoms with van der Waals surface area (Å²) in [5.74, 6) is 0.920. The maximum atomic E-state index is 10.2. The van der Waals surface area contributed by atoms with Crippen molar-refractivity contribution in [3.63, 3.8) is 0 Å². The largest absolute Gasteiger partial charge is 0.503 e. The molecule has 10 heteroatoms. The third kappa shape index (κ3) is 4.75. The number of pyridine rings is 1. The molecule has 0 saturated heterocycles. The Bertz CT molecular complexity index is 975. The minimum absolute atomic E-state index is 0.0402. The molecule has 140 valence electrons. The van der Waals surface area contributed by atoms with E-state index in [0.717, 1.165) is 28.7 Å². The van der Waals surface area contributed by atoms with Gasteiger partial charge in [0.15, 0.2) is 11.5 Å². The molecule has 0 unspecified atom stereocenters. The van der Waals surface area contributed by atoms with Crippen LogP contribution in [0.3, 0.4) is 0 Å². The van der Waals surface area contributed by atoms with E-state index in [0.29, 0.717) is 17.4 Å².